The predicted octanol–water partition coefficient (Wildman–Crippen LogP) is 1.94. The molecule has 0 aromatic heterocycles. The van der Waals surface area contributed by atoms with Crippen molar-refractivity contribution in [1.29, 1.82) is 0 Å². The molecule has 2 N–H and O–H groups in total. The quantitative estimate of drug-likeness (QED) is 0.806. The lowest BCUT2D eigenvalue weighted by molar-refractivity contribution is -0.138. The second-order valence-corrected chi connectivity index (χ2v) is 7.82. The molecule has 2 aliphatic rings. The van der Waals surface area contributed by atoms with Gasteiger partial charge in [0.1, 0.15) is 0 Å². The van der Waals surface area contributed by atoms with Gasteiger partial charge in [-0.05, 0) is 31.0 Å². The lowest BCUT2D eigenvalue weighted by Gasteiger charge is -2.38. The number of hydrogen-bond donors (Lipinski definition) is 1. The summed E-state index contributed by atoms with van der Waals surface area (Å²) >= 11 is 0. The molecule has 3 rings (SSSR count). The SMILES string of the molecule is CC(=O)N1C[C@@H](N)CC[C@@H](C(=O)N2CCN(c3cccc(C(F)(F)F)c3)CC2)C1. The molecule has 0 bridgehead atoms. The zero-order valence-corrected chi connectivity index (χ0v) is 16.5. The van der Waals surface area contributed by atoms with E-state index in [1.54, 1.807) is 15.9 Å². The minimum absolute atomic E-state index is 0.00552. The van der Waals surface area contributed by atoms with Crippen LogP contribution in [0.1, 0.15) is 25.3 Å². The van der Waals surface area contributed by atoms with Gasteiger partial charge >= 0.3 is 6.18 Å². The number of anilines is 1. The van der Waals surface area contributed by atoms with E-state index < -0.39 is 11.7 Å². The monoisotopic (exact) mass is 412 g/mol. The molecule has 6 nitrogen and oxygen atoms in total. The number of nitrogens with two attached hydrogens (primary N) is 1. The van der Waals surface area contributed by atoms with Crippen LogP contribution in [-0.4, -0.2) is 66.9 Å². The van der Waals surface area contributed by atoms with Crippen LogP contribution in [0.2, 0.25) is 0 Å². The zero-order chi connectivity index (χ0) is 21.2. The highest BCUT2D eigenvalue weighted by molar-refractivity contribution is 5.81. The first-order valence-corrected chi connectivity index (χ1v) is 9.87. The summed E-state index contributed by atoms with van der Waals surface area (Å²) in [5.41, 5.74) is 5.86. The van der Waals surface area contributed by atoms with Crippen LogP contribution in [0.3, 0.4) is 0 Å². The topological polar surface area (TPSA) is 69.9 Å². The highest BCUT2D eigenvalue weighted by Crippen LogP contribution is 2.32. The number of halogens is 3. The minimum atomic E-state index is -4.38. The summed E-state index contributed by atoms with van der Waals surface area (Å²) in [6.07, 6.45) is -3.06. The first-order valence-electron chi connectivity index (χ1n) is 9.87. The Balaban J connectivity index is 1.61. The molecule has 160 valence electrons. The average Bonchev–Trinajstić information content (AvgIpc) is 2.89. The molecule has 0 unspecified atom stereocenters. The maximum atomic E-state index is 13.0. The lowest BCUT2D eigenvalue weighted by Crippen LogP contribution is -2.51. The van der Waals surface area contributed by atoms with Gasteiger partial charge in [0.05, 0.1) is 11.5 Å². The highest BCUT2D eigenvalue weighted by Gasteiger charge is 2.33. The van der Waals surface area contributed by atoms with Crippen molar-refractivity contribution >= 4 is 17.5 Å². The molecule has 0 aliphatic carbocycles. The smallest absolute Gasteiger partial charge is 0.368 e. The normalized spacial score (nSPS) is 23.7. The Morgan fingerprint density at radius 1 is 1.03 bits per heavy atom. The second kappa shape index (κ2) is 8.61. The number of alkyl halides is 3. The van der Waals surface area contributed by atoms with Crippen molar-refractivity contribution in [3.63, 3.8) is 0 Å². The average molecular weight is 412 g/mol. The number of hydrogen-bond acceptors (Lipinski definition) is 4. The summed E-state index contributed by atoms with van der Waals surface area (Å²) in [6, 6.07) is 5.13. The van der Waals surface area contributed by atoms with E-state index in [2.05, 4.69) is 0 Å². The highest BCUT2D eigenvalue weighted by atomic mass is 19.4. The standard InChI is InChI=1S/C20H27F3N4O2/c1-14(28)27-12-15(5-6-17(24)13-27)19(29)26-9-7-25(8-10-26)18-4-2-3-16(11-18)20(21,22)23/h2-4,11,15,17H,5-10,12-13,24H2,1H3/t15-,17+/m1/s1. The van der Waals surface area contributed by atoms with Gasteiger partial charge in [-0.3, -0.25) is 9.59 Å². The van der Waals surface area contributed by atoms with Crippen molar-refractivity contribution in [2.75, 3.05) is 44.2 Å². The number of piperazine rings is 1. The summed E-state index contributed by atoms with van der Waals surface area (Å²) in [4.78, 5) is 30.0. The summed E-state index contributed by atoms with van der Waals surface area (Å²) in [5.74, 6) is -0.379. The Kier molecular flexibility index (Phi) is 6.36. The van der Waals surface area contributed by atoms with Gasteiger partial charge in [-0.2, -0.15) is 13.2 Å². The molecular weight excluding hydrogens is 385 g/mol. The molecule has 2 atom stereocenters. The van der Waals surface area contributed by atoms with Crippen molar-refractivity contribution < 1.29 is 22.8 Å². The minimum Gasteiger partial charge on any atom is -0.368 e. The maximum absolute atomic E-state index is 13.0. The first-order chi connectivity index (χ1) is 13.6. The molecule has 2 amide bonds. The molecule has 0 radical (unpaired) electrons. The molecule has 2 aliphatic heterocycles. The first kappa shape index (κ1) is 21.4. The van der Waals surface area contributed by atoms with Crippen LogP contribution in [0.4, 0.5) is 18.9 Å². The van der Waals surface area contributed by atoms with Gasteiger partial charge in [0.25, 0.3) is 0 Å². The molecule has 2 saturated heterocycles. The maximum Gasteiger partial charge on any atom is 0.416 e. The van der Waals surface area contributed by atoms with E-state index in [0.29, 0.717) is 57.8 Å². The summed E-state index contributed by atoms with van der Waals surface area (Å²) in [5, 5.41) is 0. The van der Waals surface area contributed by atoms with Crippen LogP contribution in [0, 0.1) is 5.92 Å². The van der Waals surface area contributed by atoms with Crippen molar-refractivity contribution in [3.05, 3.63) is 29.8 Å². The van der Waals surface area contributed by atoms with Crippen LogP contribution in [0.5, 0.6) is 0 Å². The Labute approximate surface area is 168 Å². The largest absolute Gasteiger partial charge is 0.416 e. The number of amides is 2. The second-order valence-electron chi connectivity index (χ2n) is 7.82. The van der Waals surface area contributed by atoms with Crippen molar-refractivity contribution in [3.8, 4) is 0 Å². The van der Waals surface area contributed by atoms with Gasteiger partial charge in [0, 0.05) is 57.9 Å². The molecule has 2 fully saturated rings. The van der Waals surface area contributed by atoms with Gasteiger partial charge in [-0.25, -0.2) is 0 Å². The number of benzene rings is 1. The van der Waals surface area contributed by atoms with E-state index in [-0.39, 0.29) is 23.8 Å². The number of nitrogens with zero attached hydrogens (tertiary/aromatic N) is 3. The van der Waals surface area contributed by atoms with Crippen molar-refractivity contribution in [2.45, 2.75) is 32.0 Å². The van der Waals surface area contributed by atoms with Gasteiger partial charge in [0.15, 0.2) is 0 Å². The third-order valence-corrected chi connectivity index (χ3v) is 5.71. The van der Waals surface area contributed by atoms with Crippen LogP contribution >= 0.6 is 0 Å². The van der Waals surface area contributed by atoms with E-state index >= 15 is 0 Å². The summed E-state index contributed by atoms with van der Waals surface area (Å²) in [6.45, 7) is 4.13. The third-order valence-electron chi connectivity index (χ3n) is 5.71. The fourth-order valence-electron chi connectivity index (χ4n) is 4.00. The summed E-state index contributed by atoms with van der Waals surface area (Å²) in [7, 11) is 0. The molecule has 2 heterocycles. The molecule has 29 heavy (non-hydrogen) atoms. The van der Waals surface area contributed by atoms with Crippen LogP contribution in [0.25, 0.3) is 0 Å². The molecule has 1 aromatic rings. The van der Waals surface area contributed by atoms with E-state index in [1.165, 1.54) is 13.0 Å². The Morgan fingerprint density at radius 2 is 1.72 bits per heavy atom. The molecule has 0 spiro atoms. The fourth-order valence-corrected chi connectivity index (χ4v) is 4.00. The lowest BCUT2D eigenvalue weighted by atomic mass is 10.00. The van der Waals surface area contributed by atoms with E-state index in [9.17, 15) is 22.8 Å². The molecular formula is C20H27F3N4O2. The number of likely N-dealkylation sites (tertiary alicyclic amines) is 1. The van der Waals surface area contributed by atoms with E-state index in [0.717, 1.165) is 12.1 Å². The van der Waals surface area contributed by atoms with Crippen LogP contribution in [0.15, 0.2) is 24.3 Å². The molecule has 9 heteroatoms. The zero-order valence-electron chi connectivity index (χ0n) is 16.5. The van der Waals surface area contributed by atoms with Gasteiger partial charge in [0.2, 0.25) is 11.8 Å². The molecule has 1 aromatic carbocycles. The van der Waals surface area contributed by atoms with Gasteiger partial charge < -0.3 is 20.4 Å². The van der Waals surface area contributed by atoms with E-state index in [4.69, 9.17) is 5.73 Å². The number of carbonyl (C=O) groups is 2. The van der Waals surface area contributed by atoms with Crippen molar-refractivity contribution in [1.82, 2.24) is 9.80 Å². The Morgan fingerprint density at radius 3 is 2.34 bits per heavy atom. The fraction of sp³-hybridized carbons (Fsp3) is 0.600. The van der Waals surface area contributed by atoms with Gasteiger partial charge in [-0.15, -0.1) is 0 Å². The molecule has 0 saturated carbocycles. The van der Waals surface area contributed by atoms with Crippen molar-refractivity contribution in [2.24, 2.45) is 11.7 Å². The van der Waals surface area contributed by atoms with Crippen LogP contribution in [-0.2, 0) is 15.8 Å². The number of rotatable bonds is 2. The predicted molar refractivity (Wildman–Crippen MR) is 103 cm³/mol. The van der Waals surface area contributed by atoms with E-state index in [1.807, 2.05) is 4.90 Å². The number of carbonyl (C=O) groups excluding carboxylic acids is 2. The van der Waals surface area contributed by atoms with Crippen LogP contribution < -0.4 is 10.6 Å². The Bertz CT molecular complexity index is 747. The third kappa shape index (κ3) is 5.20. The summed E-state index contributed by atoms with van der Waals surface area (Å²) < 4.78 is 38.8. The Hall–Kier alpha value is -2.29. The van der Waals surface area contributed by atoms with Gasteiger partial charge in [-0.1, -0.05) is 6.07 Å².